The first-order valence-electron chi connectivity index (χ1n) is 7.96. The molecule has 0 aromatic carbocycles. The third-order valence-electron chi connectivity index (χ3n) is 5.56. The molecule has 0 spiro atoms. The Morgan fingerprint density at radius 1 is 1.37 bits per heavy atom. The van der Waals surface area contributed by atoms with E-state index in [4.69, 9.17) is 4.74 Å². The van der Waals surface area contributed by atoms with E-state index in [0.717, 1.165) is 25.5 Å². The van der Waals surface area contributed by atoms with Gasteiger partial charge in [-0.1, -0.05) is 6.92 Å². The van der Waals surface area contributed by atoms with E-state index in [9.17, 15) is 0 Å². The molecule has 1 saturated carbocycles. The molecule has 3 nitrogen and oxygen atoms in total. The molecular formula is C16H32N2O. The first-order valence-corrected chi connectivity index (χ1v) is 7.96. The average Bonchev–Trinajstić information content (AvgIpc) is 3.24. The van der Waals surface area contributed by atoms with E-state index < -0.39 is 0 Å². The molecule has 3 heteroatoms. The summed E-state index contributed by atoms with van der Waals surface area (Å²) >= 11 is 0. The van der Waals surface area contributed by atoms with Crippen LogP contribution in [0.5, 0.6) is 0 Å². The second-order valence-corrected chi connectivity index (χ2v) is 7.16. The lowest BCUT2D eigenvalue weighted by Crippen LogP contribution is -2.70. The molecule has 1 saturated heterocycles. The highest BCUT2D eigenvalue weighted by Gasteiger charge is 2.51. The predicted octanol–water partition coefficient (Wildman–Crippen LogP) is 2.65. The Morgan fingerprint density at radius 3 is 2.58 bits per heavy atom. The van der Waals surface area contributed by atoms with Crippen molar-refractivity contribution in [2.24, 2.45) is 5.92 Å². The number of ether oxygens (including phenoxy) is 1. The minimum atomic E-state index is 0.274. The van der Waals surface area contributed by atoms with E-state index in [1.165, 1.54) is 25.8 Å². The van der Waals surface area contributed by atoms with Gasteiger partial charge < -0.3 is 10.1 Å². The van der Waals surface area contributed by atoms with Crippen molar-refractivity contribution in [1.82, 2.24) is 10.2 Å². The van der Waals surface area contributed by atoms with Gasteiger partial charge in [0, 0.05) is 43.9 Å². The SMILES string of the molecule is CCC1(C)CN(C(C)CCOC)C(C)(C2CC2)CN1. The predicted molar refractivity (Wildman–Crippen MR) is 80.5 cm³/mol. The number of hydrogen-bond donors (Lipinski definition) is 1. The number of piperazine rings is 1. The van der Waals surface area contributed by atoms with Crippen LogP contribution in [0.25, 0.3) is 0 Å². The average molecular weight is 268 g/mol. The number of methoxy groups -OCH3 is 1. The fourth-order valence-electron chi connectivity index (χ4n) is 3.53. The van der Waals surface area contributed by atoms with Gasteiger partial charge in [0.2, 0.25) is 0 Å². The van der Waals surface area contributed by atoms with Crippen LogP contribution in [-0.2, 0) is 4.74 Å². The van der Waals surface area contributed by atoms with Gasteiger partial charge >= 0.3 is 0 Å². The van der Waals surface area contributed by atoms with Gasteiger partial charge in [-0.3, -0.25) is 4.90 Å². The topological polar surface area (TPSA) is 24.5 Å². The third kappa shape index (κ3) is 3.14. The Balaban J connectivity index is 2.11. The lowest BCUT2D eigenvalue weighted by atomic mass is 9.82. The summed E-state index contributed by atoms with van der Waals surface area (Å²) in [6.45, 7) is 12.7. The minimum Gasteiger partial charge on any atom is -0.385 e. The van der Waals surface area contributed by atoms with Gasteiger partial charge in [0.1, 0.15) is 0 Å². The van der Waals surface area contributed by atoms with Gasteiger partial charge in [-0.15, -0.1) is 0 Å². The fourth-order valence-corrected chi connectivity index (χ4v) is 3.53. The minimum absolute atomic E-state index is 0.274. The van der Waals surface area contributed by atoms with E-state index in [1.807, 2.05) is 0 Å². The Labute approximate surface area is 119 Å². The molecule has 0 amide bonds. The van der Waals surface area contributed by atoms with Crippen LogP contribution in [0.4, 0.5) is 0 Å². The Morgan fingerprint density at radius 2 is 2.05 bits per heavy atom. The van der Waals surface area contributed by atoms with Crippen LogP contribution >= 0.6 is 0 Å². The van der Waals surface area contributed by atoms with Crippen molar-refractivity contribution in [2.75, 3.05) is 26.8 Å². The van der Waals surface area contributed by atoms with Crippen LogP contribution in [0, 0.1) is 5.92 Å². The summed E-state index contributed by atoms with van der Waals surface area (Å²) in [6, 6.07) is 0.610. The summed E-state index contributed by atoms with van der Waals surface area (Å²) in [5, 5.41) is 3.83. The van der Waals surface area contributed by atoms with Gasteiger partial charge in [0.05, 0.1) is 0 Å². The summed E-state index contributed by atoms with van der Waals surface area (Å²) in [6.07, 6.45) is 5.16. The maximum Gasteiger partial charge on any atom is 0.0477 e. The first-order chi connectivity index (χ1) is 8.95. The van der Waals surface area contributed by atoms with Crippen molar-refractivity contribution in [1.29, 1.82) is 0 Å². The van der Waals surface area contributed by atoms with Crippen LogP contribution < -0.4 is 5.32 Å². The number of rotatable bonds is 6. The first kappa shape index (κ1) is 15.3. The van der Waals surface area contributed by atoms with Crippen molar-refractivity contribution in [3.05, 3.63) is 0 Å². The number of nitrogens with zero attached hydrogens (tertiary/aromatic N) is 1. The molecule has 0 aromatic heterocycles. The zero-order valence-corrected chi connectivity index (χ0v) is 13.5. The van der Waals surface area contributed by atoms with Crippen molar-refractivity contribution in [3.8, 4) is 0 Å². The van der Waals surface area contributed by atoms with Crippen molar-refractivity contribution in [2.45, 2.75) is 70.5 Å². The lowest BCUT2D eigenvalue weighted by molar-refractivity contribution is -0.0294. The zero-order valence-electron chi connectivity index (χ0n) is 13.5. The lowest BCUT2D eigenvalue weighted by Gasteiger charge is -2.55. The molecule has 19 heavy (non-hydrogen) atoms. The molecule has 2 aliphatic rings. The summed E-state index contributed by atoms with van der Waals surface area (Å²) in [4.78, 5) is 2.78. The molecule has 0 radical (unpaired) electrons. The van der Waals surface area contributed by atoms with Crippen LogP contribution in [0.3, 0.4) is 0 Å². The smallest absolute Gasteiger partial charge is 0.0477 e. The molecule has 1 aliphatic heterocycles. The fraction of sp³-hybridized carbons (Fsp3) is 1.00. The Kier molecular flexibility index (Phi) is 4.59. The summed E-state index contributed by atoms with van der Waals surface area (Å²) in [5.74, 6) is 0.895. The summed E-state index contributed by atoms with van der Waals surface area (Å²) in [7, 11) is 1.81. The van der Waals surface area contributed by atoms with Gasteiger partial charge in [-0.25, -0.2) is 0 Å². The second-order valence-electron chi connectivity index (χ2n) is 7.16. The molecule has 3 atom stereocenters. The normalized spacial score (nSPS) is 38.4. The largest absolute Gasteiger partial charge is 0.385 e. The number of hydrogen-bond acceptors (Lipinski definition) is 3. The monoisotopic (exact) mass is 268 g/mol. The van der Waals surface area contributed by atoms with Gasteiger partial charge in [0.15, 0.2) is 0 Å². The van der Waals surface area contributed by atoms with Crippen molar-refractivity contribution in [3.63, 3.8) is 0 Å². The van der Waals surface area contributed by atoms with E-state index in [2.05, 4.69) is 37.9 Å². The molecule has 0 bridgehead atoms. The highest BCUT2D eigenvalue weighted by molar-refractivity contribution is 5.08. The Hall–Kier alpha value is -0.120. The quantitative estimate of drug-likeness (QED) is 0.801. The van der Waals surface area contributed by atoms with Gasteiger partial charge in [0.25, 0.3) is 0 Å². The van der Waals surface area contributed by atoms with Crippen LogP contribution in [-0.4, -0.2) is 48.8 Å². The van der Waals surface area contributed by atoms with E-state index in [-0.39, 0.29) is 5.54 Å². The molecule has 2 rings (SSSR count). The molecule has 112 valence electrons. The van der Waals surface area contributed by atoms with E-state index in [0.29, 0.717) is 11.6 Å². The van der Waals surface area contributed by atoms with Gasteiger partial charge in [-0.05, 0) is 52.4 Å². The third-order valence-corrected chi connectivity index (χ3v) is 5.56. The number of nitrogens with one attached hydrogen (secondary N) is 1. The Bertz CT molecular complexity index is 305. The highest BCUT2D eigenvalue weighted by atomic mass is 16.5. The van der Waals surface area contributed by atoms with Crippen LogP contribution in [0.15, 0.2) is 0 Å². The van der Waals surface area contributed by atoms with Crippen molar-refractivity contribution >= 4 is 0 Å². The molecule has 0 aromatic rings. The molecule has 1 N–H and O–H groups in total. The second kappa shape index (κ2) is 5.71. The standard InChI is InChI=1S/C16H32N2O/c1-6-15(3)12-18(13(2)9-10-19-5)16(4,11-17-15)14-7-8-14/h13-14,17H,6-12H2,1-5H3. The highest BCUT2D eigenvalue weighted by Crippen LogP contribution is 2.46. The van der Waals surface area contributed by atoms with E-state index >= 15 is 0 Å². The molecular weight excluding hydrogens is 236 g/mol. The molecule has 1 aliphatic carbocycles. The zero-order chi connectivity index (χ0) is 14.1. The molecule has 1 heterocycles. The van der Waals surface area contributed by atoms with Crippen molar-refractivity contribution < 1.29 is 4.74 Å². The maximum absolute atomic E-state index is 5.28. The summed E-state index contributed by atoms with van der Waals surface area (Å²) < 4.78 is 5.28. The van der Waals surface area contributed by atoms with Crippen LogP contribution in [0.1, 0.15) is 53.4 Å². The van der Waals surface area contributed by atoms with Crippen LogP contribution in [0.2, 0.25) is 0 Å². The van der Waals surface area contributed by atoms with Gasteiger partial charge in [-0.2, -0.15) is 0 Å². The van der Waals surface area contributed by atoms with E-state index in [1.54, 1.807) is 7.11 Å². The maximum atomic E-state index is 5.28. The summed E-state index contributed by atoms with van der Waals surface area (Å²) in [5.41, 5.74) is 0.623. The molecule has 3 unspecified atom stereocenters. The molecule has 2 fully saturated rings.